The number of aromatic nitrogens is 3. The van der Waals surface area contributed by atoms with Gasteiger partial charge in [0.15, 0.2) is 0 Å². The molecule has 53 heavy (non-hydrogen) atoms. The molecule has 1 aliphatic carbocycles. The first kappa shape index (κ1) is 35.6. The predicted molar refractivity (Wildman–Crippen MR) is 207 cm³/mol. The average Bonchev–Trinajstić information content (AvgIpc) is 3.93. The number of likely N-dealkylation sites (tertiary alicyclic amines) is 2. The maximum absolute atomic E-state index is 14.4. The summed E-state index contributed by atoms with van der Waals surface area (Å²) in [6, 6.07) is 12.3. The number of ether oxygens (including phenoxy) is 1. The van der Waals surface area contributed by atoms with Gasteiger partial charge in [-0.3, -0.25) is 19.2 Å². The zero-order valence-corrected chi connectivity index (χ0v) is 32.2. The van der Waals surface area contributed by atoms with Crippen molar-refractivity contribution in [2.45, 2.75) is 95.5 Å². The lowest BCUT2D eigenvalue weighted by Crippen LogP contribution is -2.48. The number of rotatable bonds is 9. The van der Waals surface area contributed by atoms with Gasteiger partial charge in [0, 0.05) is 54.3 Å². The van der Waals surface area contributed by atoms with Crippen molar-refractivity contribution in [3.8, 4) is 17.0 Å². The summed E-state index contributed by atoms with van der Waals surface area (Å²) >= 11 is 0. The molecule has 3 atom stereocenters. The topological polar surface area (TPSA) is 119 Å². The number of hydrogen-bond acceptors (Lipinski definition) is 7. The molecule has 2 unspecified atom stereocenters. The van der Waals surface area contributed by atoms with E-state index in [-0.39, 0.29) is 17.5 Å². The van der Waals surface area contributed by atoms with Crippen LogP contribution in [-0.2, 0) is 23.6 Å². The standard InChI is InChI=1S/C41H50N6O5S/c1-6-25(3)53(50,51)43-40(48)27-13-15-34-36(19-27)47-22-29(38-35(21-42-44(38)4)41(49)46-24-30-20-31(46)23-45(30)7-2)17-28-18-32(52-5)14-16-33(28)39(47)37(34)26-11-9-8-10-12-26/h13-19,21,25-26,30-31H,6-12,20,22-24H2,1-5H3,(H,43,48)/t25?,30-,31?/m0/s1. The summed E-state index contributed by atoms with van der Waals surface area (Å²) in [7, 11) is -0.280. The van der Waals surface area contributed by atoms with Crippen molar-refractivity contribution in [2.24, 2.45) is 7.05 Å². The summed E-state index contributed by atoms with van der Waals surface area (Å²) in [5.74, 6) is 0.429. The van der Waals surface area contributed by atoms with E-state index in [4.69, 9.17) is 4.74 Å². The van der Waals surface area contributed by atoms with Crippen LogP contribution >= 0.6 is 0 Å². The third-order valence-corrected chi connectivity index (χ3v) is 14.2. The zero-order valence-electron chi connectivity index (χ0n) is 31.4. The van der Waals surface area contributed by atoms with Crippen LogP contribution in [0.25, 0.3) is 33.8 Å². The van der Waals surface area contributed by atoms with Gasteiger partial charge in [-0.1, -0.05) is 39.2 Å². The van der Waals surface area contributed by atoms with E-state index < -0.39 is 21.2 Å². The van der Waals surface area contributed by atoms with Crippen LogP contribution < -0.4 is 9.46 Å². The molecule has 2 aromatic carbocycles. The number of piperazine rings is 1. The maximum atomic E-state index is 14.4. The summed E-state index contributed by atoms with van der Waals surface area (Å²) in [6.07, 6.45) is 10.9. The Balaban J connectivity index is 1.29. The Kier molecular flexibility index (Phi) is 9.25. The number of carbonyl (C=O) groups excluding carboxylic acids is 2. The lowest BCUT2D eigenvalue weighted by molar-refractivity contribution is 0.0630. The largest absolute Gasteiger partial charge is 0.497 e. The van der Waals surface area contributed by atoms with Crippen LogP contribution in [0.5, 0.6) is 5.75 Å². The van der Waals surface area contributed by atoms with Crippen molar-refractivity contribution in [1.29, 1.82) is 0 Å². The Bertz CT molecular complexity index is 2250. The second kappa shape index (κ2) is 13.8. The number of methoxy groups -OCH3 is 1. The Labute approximate surface area is 312 Å². The molecule has 2 bridgehead atoms. The highest BCUT2D eigenvalue weighted by molar-refractivity contribution is 7.90. The third-order valence-electron chi connectivity index (χ3n) is 12.4. The van der Waals surface area contributed by atoms with Crippen molar-refractivity contribution in [2.75, 3.05) is 26.7 Å². The molecule has 5 heterocycles. The van der Waals surface area contributed by atoms with Crippen LogP contribution in [0.4, 0.5) is 0 Å². The van der Waals surface area contributed by atoms with E-state index >= 15 is 0 Å². The van der Waals surface area contributed by atoms with E-state index in [9.17, 15) is 18.0 Å². The maximum Gasteiger partial charge on any atom is 0.264 e. The molecule has 4 aromatic rings. The summed E-state index contributed by atoms with van der Waals surface area (Å²) in [6.45, 7) is 8.60. The fourth-order valence-corrected chi connectivity index (χ4v) is 10.4. The number of sulfonamides is 1. The van der Waals surface area contributed by atoms with Gasteiger partial charge in [0.05, 0.1) is 42.1 Å². The molecule has 11 nitrogen and oxygen atoms in total. The quantitative estimate of drug-likeness (QED) is 0.210. The third kappa shape index (κ3) is 6.07. The number of amides is 2. The van der Waals surface area contributed by atoms with Crippen molar-refractivity contribution >= 4 is 44.4 Å². The summed E-state index contributed by atoms with van der Waals surface area (Å²) in [4.78, 5) is 32.5. The normalized spacial score (nSPS) is 20.9. The second-order valence-corrected chi connectivity index (χ2v) is 17.5. The van der Waals surface area contributed by atoms with Crippen LogP contribution in [0, 0.1) is 0 Å². The first-order chi connectivity index (χ1) is 25.5. The average molecular weight is 739 g/mol. The molecule has 12 heteroatoms. The Hall–Kier alpha value is -4.42. The molecule has 280 valence electrons. The lowest BCUT2D eigenvalue weighted by atomic mass is 9.81. The number of likely N-dealkylation sites (N-methyl/N-ethyl adjacent to an activating group) is 1. The first-order valence-corrected chi connectivity index (χ1v) is 20.8. The van der Waals surface area contributed by atoms with Crippen molar-refractivity contribution in [1.82, 2.24) is 28.9 Å². The lowest BCUT2D eigenvalue weighted by Gasteiger charge is -2.33. The molecule has 2 saturated heterocycles. The van der Waals surface area contributed by atoms with Gasteiger partial charge in [0.25, 0.3) is 11.8 Å². The minimum Gasteiger partial charge on any atom is -0.497 e. The van der Waals surface area contributed by atoms with E-state index in [1.54, 1.807) is 33.2 Å². The van der Waals surface area contributed by atoms with Crippen LogP contribution in [0.1, 0.15) is 109 Å². The van der Waals surface area contributed by atoms with Gasteiger partial charge in [-0.2, -0.15) is 5.10 Å². The van der Waals surface area contributed by atoms with Crippen molar-refractivity contribution in [3.63, 3.8) is 0 Å². The summed E-state index contributed by atoms with van der Waals surface area (Å²) in [5.41, 5.74) is 7.79. The number of aryl methyl sites for hydroxylation is 1. The van der Waals surface area contributed by atoms with Crippen LogP contribution in [0.3, 0.4) is 0 Å². The molecule has 3 fully saturated rings. The highest BCUT2D eigenvalue weighted by Gasteiger charge is 2.45. The highest BCUT2D eigenvalue weighted by Crippen LogP contribution is 2.48. The van der Waals surface area contributed by atoms with E-state index in [1.807, 2.05) is 34.8 Å². The van der Waals surface area contributed by atoms with Gasteiger partial charge in [-0.15, -0.1) is 0 Å². The van der Waals surface area contributed by atoms with E-state index in [2.05, 4.69) is 44.4 Å². The van der Waals surface area contributed by atoms with Crippen LogP contribution in [0.15, 0.2) is 42.6 Å². The smallest absolute Gasteiger partial charge is 0.264 e. The number of carbonyl (C=O) groups is 2. The van der Waals surface area contributed by atoms with Crippen LogP contribution in [0.2, 0.25) is 0 Å². The Morgan fingerprint density at radius 1 is 1.02 bits per heavy atom. The van der Waals surface area contributed by atoms with Crippen molar-refractivity contribution < 1.29 is 22.7 Å². The van der Waals surface area contributed by atoms with E-state index in [0.717, 1.165) is 96.5 Å². The minimum atomic E-state index is -3.84. The molecular weight excluding hydrogens is 689 g/mol. The molecule has 0 radical (unpaired) electrons. The molecule has 2 aromatic heterocycles. The molecule has 1 saturated carbocycles. The monoisotopic (exact) mass is 738 g/mol. The number of allylic oxidation sites excluding steroid dienone is 1. The zero-order chi connectivity index (χ0) is 37.2. The predicted octanol–water partition coefficient (Wildman–Crippen LogP) is 6.43. The van der Waals surface area contributed by atoms with Gasteiger partial charge in [-0.25, -0.2) is 13.1 Å². The number of hydrogen-bond donors (Lipinski definition) is 1. The fraction of sp³-hybridized carbons (Fsp3) is 0.488. The number of benzene rings is 2. The second-order valence-electron chi connectivity index (χ2n) is 15.4. The molecule has 3 aliphatic heterocycles. The minimum absolute atomic E-state index is 0.00863. The molecule has 1 N–H and O–H groups in total. The Morgan fingerprint density at radius 3 is 2.51 bits per heavy atom. The van der Waals surface area contributed by atoms with Gasteiger partial charge >= 0.3 is 0 Å². The van der Waals surface area contributed by atoms with Crippen LogP contribution in [-0.4, -0.2) is 88.5 Å². The summed E-state index contributed by atoms with van der Waals surface area (Å²) in [5, 5.41) is 5.02. The first-order valence-electron chi connectivity index (χ1n) is 19.2. The molecule has 0 spiro atoms. The van der Waals surface area contributed by atoms with Gasteiger partial charge in [0.1, 0.15) is 5.75 Å². The van der Waals surface area contributed by atoms with Gasteiger partial charge in [0.2, 0.25) is 10.0 Å². The number of nitrogens with zero attached hydrogens (tertiary/aromatic N) is 5. The van der Waals surface area contributed by atoms with Gasteiger partial charge < -0.3 is 14.2 Å². The summed E-state index contributed by atoms with van der Waals surface area (Å²) < 4.78 is 38.1. The molecular formula is C41H50N6O5S. The SMILES string of the molecule is CCC(C)S(=O)(=O)NC(=O)c1ccc2c(C3CCCCC3)c3n(c2c1)CC(c1c(C(=O)N2C[C@@H]4CC2CN4CC)cnn1C)=Cc1cc(OC)ccc1-3. The molecule has 8 rings (SSSR count). The van der Waals surface area contributed by atoms with E-state index in [1.165, 1.54) is 12.0 Å². The van der Waals surface area contributed by atoms with Crippen molar-refractivity contribution in [3.05, 3.63) is 70.5 Å². The number of nitrogens with one attached hydrogen (secondary N) is 1. The highest BCUT2D eigenvalue weighted by atomic mass is 32.2. The van der Waals surface area contributed by atoms with E-state index in [0.29, 0.717) is 30.5 Å². The Morgan fingerprint density at radius 2 is 1.81 bits per heavy atom. The fourth-order valence-electron chi connectivity index (χ4n) is 9.35. The number of fused-ring (bicyclic) bond motifs is 7. The molecule has 4 aliphatic rings. The van der Waals surface area contributed by atoms with Gasteiger partial charge in [-0.05, 0) is 98.2 Å². The molecule has 2 amide bonds.